The van der Waals surface area contributed by atoms with Gasteiger partial charge in [-0.3, -0.25) is 4.98 Å². The summed E-state index contributed by atoms with van der Waals surface area (Å²) in [6.45, 7) is 5.67. The number of ether oxygens (including phenoxy) is 1. The Morgan fingerprint density at radius 1 is 1.09 bits per heavy atom. The van der Waals surface area contributed by atoms with Crippen molar-refractivity contribution in [2.45, 2.75) is 33.6 Å². The summed E-state index contributed by atoms with van der Waals surface area (Å²) in [6, 6.07) is 9.75. The van der Waals surface area contributed by atoms with Crippen molar-refractivity contribution >= 4 is 0 Å². The number of aryl methyl sites for hydroxylation is 4. The molecule has 10 heteroatoms. The summed E-state index contributed by atoms with van der Waals surface area (Å²) in [5.74, 6) is 0.400. The van der Waals surface area contributed by atoms with E-state index in [2.05, 4.69) is 15.2 Å². The highest BCUT2D eigenvalue weighted by molar-refractivity contribution is 5.63. The highest BCUT2D eigenvalue weighted by Crippen LogP contribution is 2.31. The molecule has 3 aromatic heterocycles. The molecule has 0 atom stereocenters. The molecule has 0 unspecified atom stereocenters. The summed E-state index contributed by atoms with van der Waals surface area (Å²) < 4.78 is 47.3. The van der Waals surface area contributed by atoms with Crippen molar-refractivity contribution in [3.05, 3.63) is 81.0 Å². The summed E-state index contributed by atoms with van der Waals surface area (Å²) in [5.41, 5.74) is 3.82. The standard InChI is InChI=1S/C23H22F3N5O2/c1-13-6-5-7-20(31-22(32)30(4)29-31)18(13)12-33-21-14(2)10-17(15(3)28-21)19-9-8-16(11-27-19)23(24,25)26/h5-11,29H,12H2,1-4H3. The second-order valence-corrected chi connectivity index (χ2v) is 7.81. The number of halogens is 3. The van der Waals surface area contributed by atoms with E-state index in [1.807, 2.05) is 32.0 Å². The normalized spacial score (nSPS) is 11.7. The first-order valence-corrected chi connectivity index (χ1v) is 10.1. The van der Waals surface area contributed by atoms with E-state index in [0.717, 1.165) is 23.4 Å². The Morgan fingerprint density at radius 2 is 1.85 bits per heavy atom. The Bertz CT molecular complexity index is 1360. The van der Waals surface area contributed by atoms with Gasteiger partial charge in [-0.1, -0.05) is 12.1 Å². The van der Waals surface area contributed by atoms with Crippen molar-refractivity contribution in [2.24, 2.45) is 7.05 Å². The number of alkyl halides is 3. The molecule has 0 aliphatic rings. The van der Waals surface area contributed by atoms with Crippen LogP contribution < -0.4 is 10.4 Å². The second kappa shape index (κ2) is 8.27. The predicted molar refractivity (Wildman–Crippen MR) is 116 cm³/mol. The van der Waals surface area contributed by atoms with Crippen molar-refractivity contribution in [3.8, 4) is 22.8 Å². The molecule has 7 nitrogen and oxygen atoms in total. The first-order valence-electron chi connectivity index (χ1n) is 10.1. The molecule has 0 aliphatic heterocycles. The molecule has 0 amide bonds. The van der Waals surface area contributed by atoms with Crippen LogP contribution in [0.3, 0.4) is 0 Å². The van der Waals surface area contributed by atoms with Crippen LogP contribution >= 0.6 is 0 Å². The Labute approximate surface area is 187 Å². The van der Waals surface area contributed by atoms with Crippen LogP contribution in [-0.2, 0) is 19.8 Å². The summed E-state index contributed by atoms with van der Waals surface area (Å²) in [6.07, 6.45) is -3.62. The fourth-order valence-electron chi connectivity index (χ4n) is 3.53. The van der Waals surface area contributed by atoms with Gasteiger partial charge >= 0.3 is 11.9 Å². The Balaban J connectivity index is 1.60. The highest BCUT2D eigenvalue weighted by atomic mass is 19.4. The quantitative estimate of drug-likeness (QED) is 0.479. The maximum atomic E-state index is 12.8. The number of benzene rings is 1. The largest absolute Gasteiger partial charge is 0.473 e. The molecule has 0 aliphatic carbocycles. The van der Waals surface area contributed by atoms with Crippen molar-refractivity contribution in [1.82, 2.24) is 24.5 Å². The minimum atomic E-state index is -4.44. The number of aromatic amines is 1. The zero-order valence-electron chi connectivity index (χ0n) is 18.5. The third-order valence-electron chi connectivity index (χ3n) is 5.43. The van der Waals surface area contributed by atoms with Crippen LogP contribution in [-0.4, -0.2) is 24.5 Å². The van der Waals surface area contributed by atoms with E-state index >= 15 is 0 Å². The molecule has 172 valence electrons. The van der Waals surface area contributed by atoms with Gasteiger partial charge in [0.25, 0.3) is 0 Å². The minimum absolute atomic E-state index is 0.180. The van der Waals surface area contributed by atoms with Crippen LogP contribution in [0.5, 0.6) is 5.88 Å². The molecule has 0 fully saturated rings. The molecule has 33 heavy (non-hydrogen) atoms. The molecular weight excluding hydrogens is 435 g/mol. The molecule has 3 heterocycles. The van der Waals surface area contributed by atoms with Crippen LogP contribution in [0.4, 0.5) is 13.2 Å². The third-order valence-corrected chi connectivity index (χ3v) is 5.43. The van der Waals surface area contributed by atoms with Gasteiger partial charge in [0.1, 0.15) is 6.61 Å². The smallest absolute Gasteiger partial charge is 0.417 e. The van der Waals surface area contributed by atoms with E-state index in [4.69, 9.17) is 4.74 Å². The van der Waals surface area contributed by atoms with Crippen LogP contribution in [0.2, 0.25) is 0 Å². The number of nitrogens with zero attached hydrogens (tertiary/aromatic N) is 4. The lowest BCUT2D eigenvalue weighted by Crippen LogP contribution is -2.40. The van der Waals surface area contributed by atoms with E-state index in [-0.39, 0.29) is 12.3 Å². The van der Waals surface area contributed by atoms with Gasteiger partial charge in [-0.25, -0.2) is 19.7 Å². The van der Waals surface area contributed by atoms with E-state index in [9.17, 15) is 18.0 Å². The minimum Gasteiger partial charge on any atom is -0.473 e. The SMILES string of the molecule is Cc1cc(-c2ccc(C(F)(F)F)cn2)c(C)nc1OCc1c(C)cccc1-n1[nH]n(C)c1=O. The lowest BCUT2D eigenvalue weighted by Gasteiger charge is -2.19. The fraction of sp³-hybridized carbons (Fsp3) is 0.261. The molecule has 1 aromatic carbocycles. The summed E-state index contributed by atoms with van der Waals surface area (Å²) in [7, 11) is 1.63. The Morgan fingerprint density at radius 3 is 2.45 bits per heavy atom. The lowest BCUT2D eigenvalue weighted by molar-refractivity contribution is -0.137. The number of nitrogens with one attached hydrogen (secondary N) is 1. The van der Waals surface area contributed by atoms with Gasteiger partial charge in [-0.2, -0.15) is 17.9 Å². The second-order valence-electron chi connectivity index (χ2n) is 7.81. The van der Waals surface area contributed by atoms with Gasteiger partial charge < -0.3 is 4.74 Å². The van der Waals surface area contributed by atoms with Crippen molar-refractivity contribution in [2.75, 3.05) is 0 Å². The summed E-state index contributed by atoms with van der Waals surface area (Å²) >= 11 is 0. The van der Waals surface area contributed by atoms with Gasteiger partial charge in [0, 0.05) is 29.9 Å². The molecule has 0 radical (unpaired) electrons. The molecule has 0 saturated heterocycles. The molecule has 4 rings (SSSR count). The number of hydrogen-bond acceptors (Lipinski definition) is 4. The van der Waals surface area contributed by atoms with Crippen LogP contribution in [0, 0.1) is 20.8 Å². The first kappa shape index (κ1) is 22.4. The van der Waals surface area contributed by atoms with E-state index in [1.54, 1.807) is 20.0 Å². The van der Waals surface area contributed by atoms with Crippen molar-refractivity contribution in [1.29, 1.82) is 0 Å². The topological polar surface area (TPSA) is 77.7 Å². The van der Waals surface area contributed by atoms with Crippen LogP contribution in [0.15, 0.2) is 47.4 Å². The molecule has 0 bridgehead atoms. The van der Waals surface area contributed by atoms with Crippen LogP contribution in [0.25, 0.3) is 16.9 Å². The van der Waals surface area contributed by atoms with E-state index in [1.165, 1.54) is 15.4 Å². The van der Waals surface area contributed by atoms with Gasteiger partial charge in [0.2, 0.25) is 5.88 Å². The van der Waals surface area contributed by atoms with E-state index in [0.29, 0.717) is 34.1 Å². The number of hydrogen-bond donors (Lipinski definition) is 1. The summed E-state index contributed by atoms with van der Waals surface area (Å²) in [5, 5.41) is 2.90. The number of H-pyrrole nitrogens is 1. The number of aromatic nitrogens is 5. The van der Waals surface area contributed by atoms with Crippen LogP contribution in [0.1, 0.15) is 27.9 Å². The van der Waals surface area contributed by atoms with Gasteiger partial charge in [0.15, 0.2) is 0 Å². The molecular formula is C23H22F3N5O2. The molecule has 0 spiro atoms. The molecule has 0 saturated carbocycles. The maximum Gasteiger partial charge on any atom is 0.417 e. The highest BCUT2D eigenvalue weighted by Gasteiger charge is 2.30. The van der Waals surface area contributed by atoms with Crippen molar-refractivity contribution < 1.29 is 17.9 Å². The summed E-state index contributed by atoms with van der Waals surface area (Å²) in [4.78, 5) is 20.6. The average molecular weight is 457 g/mol. The van der Waals surface area contributed by atoms with E-state index < -0.39 is 11.7 Å². The number of pyridine rings is 2. The molecule has 1 N–H and O–H groups in total. The Hall–Kier alpha value is -3.82. The fourth-order valence-corrected chi connectivity index (χ4v) is 3.53. The van der Waals surface area contributed by atoms with Gasteiger partial charge in [0.05, 0.1) is 22.6 Å². The maximum absolute atomic E-state index is 12.8. The average Bonchev–Trinajstić information content (AvgIpc) is 2.77. The lowest BCUT2D eigenvalue weighted by atomic mass is 10.1. The van der Waals surface area contributed by atoms with Gasteiger partial charge in [-0.05, 0) is 50.6 Å². The Kier molecular flexibility index (Phi) is 5.61. The third kappa shape index (κ3) is 4.28. The van der Waals surface area contributed by atoms with Gasteiger partial charge in [-0.15, -0.1) is 0 Å². The molecule has 4 aromatic rings. The monoisotopic (exact) mass is 457 g/mol. The zero-order valence-corrected chi connectivity index (χ0v) is 18.5. The zero-order chi connectivity index (χ0) is 23.9. The van der Waals surface area contributed by atoms with Crippen molar-refractivity contribution in [3.63, 3.8) is 0 Å². The number of rotatable bonds is 5. The predicted octanol–water partition coefficient (Wildman–Crippen LogP) is 4.48. The first-order chi connectivity index (χ1) is 15.6.